The van der Waals surface area contributed by atoms with Gasteiger partial charge in [-0.25, -0.2) is 0 Å². The quantitative estimate of drug-likeness (QED) is 0.316. The second-order valence-electron chi connectivity index (χ2n) is 0. The molecule has 0 rings (SSSR count). The Hall–Kier alpha value is 4.58. The Labute approximate surface area is 145 Å². The molecular weight excluding hydrogens is 163 g/mol. The van der Waals surface area contributed by atoms with Crippen molar-refractivity contribution in [1.82, 2.24) is 0 Å². The van der Waals surface area contributed by atoms with Crippen molar-refractivity contribution in [3.8, 4) is 0 Å². The van der Waals surface area contributed by atoms with E-state index in [2.05, 4.69) is 0 Å². The third-order valence-corrected chi connectivity index (χ3v) is 0. The molecule has 0 heterocycles. The first-order valence-electron chi connectivity index (χ1n) is 0. The first kappa shape index (κ1) is 46.3. The van der Waals surface area contributed by atoms with E-state index in [4.69, 9.17) is 0 Å². The van der Waals surface area contributed by atoms with E-state index in [1.54, 1.807) is 0 Å². The minimum atomic E-state index is 0. The van der Waals surface area contributed by atoms with Crippen LogP contribution in [-0.2, 0) is 0 Å². The molecule has 0 N–H and O–H groups in total. The molecule has 0 unspecified atom stereocenters. The summed E-state index contributed by atoms with van der Waals surface area (Å²) in [4.78, 5) is 0. The van der Waals surface area contributed by atoms with Crippen LogP contribution in [0, 0.1) is 0 Å². The van der Waals surface area contributed by atoms with Crippen LogP contribution in [0.15, 0.2) is 0 Å². The van der Waals surface area contributed by atoms with Gasteiger partial charge in [0, 0.05) is 0 Å². The van der Waals surface area contributed by atoms with Gasteiger partial charge < -0.3 is 5.71 Å². The zero-order valence-corrected chi connectivity index (χ0v) is 14.4. The standard InChI is InChI=1S/2ClH.4Na.4H/h2*1H;;;;;;;;/q;;4*+1;4*-1. The van der Waals surface area contributed by atoms with E-state index >= 15 is 0 Å². The Bertz CT molecular complexity index is 15.2. The van der Waals surface area contributed by atoms with E-state index in [0.717, 1.165) is 0 Å². The van der Waals surface area contributed by atoms with Gasteiger partial charge in [0.25, 0.3) is 0 Å². The fourth-order valence-electron chi connectivity index (χ4n) is 0. The van der Waals surface area contributed by atoms with Crippen molar-refractivity contribution in [3.63, 3.8) is 0 Å². The molecule has 0 aromatic heterocycles. The third-order valence-electron chi connectivity index (χ3n) is 0. The average molecular weight is 169 g/mol. The molecule has 0 nitrogen and oxygen atoms in total. The molecule has 0 aliphatic heterocycles. The molecule has 0 spiro atoms. The number of halogens is 2. The fourth-order valence-corrected chi connectivity index (χ4v) is 0. The summed E-state index contributed by atoms with van der Waals surface area (Å²) >= 11 is 0. The summed E-state index contributed by atoms with van der Waals surface area (Å²) in [6, 6.07) is 0. The van der Waals surface area contributed by atoms with Gasteiger partial charge in [-0.15, -0.1) is 24.8 Å². The van der Waals surface area contributed by atoms with Gasteiger partial charge in [-0.2, -0.15) is 0 Å². The van der Waals surface area contributed by atoms with Crippen molar-refractivity contribution < 1.29 is 124 Å². The fraction of sp³-hybridized carbons (Fsp3) is 0. The summed E-state index contributed by atoms with van der Waals surface area (Å²) in [5.74, 6) is 0. The van der Waals surface area contributed by atoms with Crippen LogP contribution in [0.2, 0.25) is 0 Å². The Morgan fingerprint density at radius 2 is 0.500 bits per heavy atom. The van der Waals surface area contributed by atoms with Gasteiger partial charge in [0.05, 0.1) is 0 Å². The minimum Gasteiger partial charge on any atom is -1.00 e. The van der Waals surface area contributed by atoms with Crippen LogP contribution in [0.1, 0.15) is 5.71 Å². The molecule has 0 saturated heterocycles. The van der Waals surface area contributed by atoms with Crippen molar-refractivity contribution in [1.29, 1.82) is 0 Å². The second kappa shape index (κ2) is 33.6. The Balaban J connectivity index is 0. The van der Waals surface area contributed by atoms with E-state index in [0.29, 0.717) is 0 Å². The number of hydrogen-bond acceptors (Lipinski definition) is 0. The molecule has 0 radical (unpaired) electrons. The second-order valence-corrected chi connectivity index (χ2v) is 0. The first-order valence-corrected chi connectivity index (χ1v) is 0. The first-order chi connectivity index (χ1) is 0. The van der Waals surface area contributed by atoms with Gasteiger partial charge in [-0.1, -0.05) is 0 Å². The molecular formula is H6Cl2Na4. The zero-order chi connectivity index (χ0) is 0. The topological polar surface area (TPSA) is 0 Å². The van der Waals surface area contributed by atoms with Crippen molar-refractivity contribution in [2.75, 3.05) is 0 Å². The molecule has 6 heavy (non-hydrogen) atoms. The number of hydrogen-bond donors (Lipinski definition) is 0. The monoisotopic (exact) mass is 168 g/mol. The predicted octanol–water partition coefficient (Wildman–Crippen LogP) is -10.7. The summed E-state index contributed by atoms with van der Waals surface area (Å²) in [5, 5.41) is 0. The van der Waals surface area contributed by atoms with Crippen LogP contribution in [0.25, 0.3) is 0 Å². The van der Waals surface area contributed by atoms with Gasteiger partial charge in [0.1, 0.15) is 0 Å². The van der Waals surface area contributed by atoms with Crippen LogP contribution in [0.5, 0.6) is 0 Å². The van der Waals surface area contributed by atoms with E-state index in [1.807, 2.05) is 0 Å². The molecule has 0 amide bonds. The van der Waals surface area contributed by atoms with Crippen LogP contribution in [-0.4, -0.2) is 0 Å². The molecule has 0 aliphatic rings. The zero-order valence-electron chi connectivity index (χ0n) is 8.82. The third kappa shape index (κ3) is 23.5. The van der Waals surface area contributed by atoms with Gasteiger partial charge in [-0.05, 0) is 0 Å². The summed E-state index contributed by atoms with van der Waals surface area (Å²) in [6.45, 7) is 0. The minimum absolute atomic E-state index is 0. The molecule has 24 valence electrons. The maximum Gasteiger partial charge on any atom is 1.00 e. The van der Waals surface area contributed by atoms with Gasteiger partial charge in [-0.3, -0.25) is 0 Å². The van der Waals surface area contributed by atoms with E-state index in [-0.39, 0.29) is 149 Å². The number of rotatable bonds is 0. The summed E-state index contributed by atoms with van der Waals surface area (Å²) < 4.78 is 0. The molecule has 0 aromatic rings. The molecule has 0 aromatic carbocycles. The largest absolute Gasteiger partial charge is 1.00 e. The van der Waals surface area contributed by atoms with E-state index in [1.165, 1.54) is 0 Å². The van der Waals surface area contributed by atoms with Crippen molar-refractivity contribution in [2.45, 2.75) is 0 Å². The Morgan fingerprint density at radius 3 is 0.500 bits per heavy atom. The van der Waals surface area contributed by atoms with Crippen LogP contribution in [0.4, 0.5) is 0 Å². The Morgan fingerprint density at radius 1 is 0.500 bits per heavy atom. The predicted molar refractivity (Wildman–Crippen MR) is 18.9 cm³/mol. The smallest absolute Gasteiger partial charge is 1.00 e. The average Bonchev–Trinajstić information content (AvgIpc) is 0. The molecule has 0 aliphatic carbocycles. The van der Waals surface area contributed by atoms with Crippen LogP contribution >= 0.6 is 24.8 Å². The van der Waals surface area contributed by atoms with Crippen molar-refractivity contribution >= 4 is 24.8 Å². The van der Waals surface area contributed by atoms with Gasteiger partial charge in [0.15, 0.2) is 0 Å². The molecule has 0 bridgehead atoms. The van der Waals surface area contributed by atoms with Crippen molar-refractivity contribution in [2.24, 2.45) is 0 Å². The Kier molecular flexibility index (Phi) is 259. The molecule has 0 saturated carbocycles. The van der Waals surface area contributed by atoms with Crippen molar-refractivity contribution in [3.05, 3.63) is 0 Å². The van der Waals surface area contributed by atoms with E-state index < -0.39 is 0 Å². The summed E-state index contributed by atoms with van der Waals surface area (Å²) in [7, 11) is 0. The SMILES string of the molecule is Cl.Cl.[H-].[H-].[H-].[H-].[Na+].[Na+].[Na+].[Na+]. The van der Waals surface area contributed by atoms with Gasteiger partial charge in [0.2, 0.25) is 0 Å². The van der Waals surface area contributed by atoms with Crippen LogP contribution < -0.4 is 118 Å². The summed E-state index contributed by atoms with van der Waals surface area (Å²) in [5.41, 5.74) is 0. The molecule has 6 heteroatoms. The van der Waals surface area contributed by atoms with E-state index in [9.17, 15) is 0 Å². The van der Waals surface area contributed by atoms with Gasteiger partial charge >= 0.3 is 118 Å². The maximum absolute atomic E-state index is 0. The molecule has 0 atom stereocenters. The normalized spacial score (nSPS) is 0. The maximum atomic E-state index is 0. The molecule has 0 fully saturated rings. The summed E-state index contributed by atoms with van der Waals surface area (Å²) in [6.07, 6.45) is 0. The van der Waals surface area contributed by atoms with Crippen LogP contribution in [0.3, 0.4) is 0 Å².